The number of nitrogens with one attached hydrogen (secondary N) is 2. The van der Waals surface area contributed by atoms with E-state index in [9.17, 15) is 5.11 Å². The first-order valence-electron chi connectivity index (χ1n) is 9.59. The molecule has 3 N–H and O–H groups in total. The van der Waals surface area contributed by atoms with Gasteiger partial charge in [0.25, 0.3) is 0 Å². The van der Waals surface area contributed by atoms with Gasteiger partial charge in [-0.15, -0.1) is 24.0 Å². The highest BCUT2D eigenvalue weighted by Crippen LogP contribution is 2.23. The van der Waals surface area contributed by atoms with E-state index in [-0.39, 0.29) is 29.7 Å². The number of hydrogen-bond donors (Lipinski definition) is 3. The third kappa shape index (κ3) is 10.0. The van der Waals surface area contributed by atoms with E-state index in [0.717, 1.165) is 37.6 Å². The Morgan fingerprint density at radius 2 is 2.00 bits per heavy atom. The molecule has 0 fully saturated rings. The molecule has 0 amide bonds. The normalized spacial score (nSPS) is 12.4. The molecule has 0 heterocycles. The molecule has 0 saturated carbocycles. The Labute approximate surface area is 181 Å². The van der Waals surface area contributed by atoms with Crippen LogP contribution < -0.4 is 15.4 Å². The number of nitrogens with zero attached hydrogens (tertiary/aromatic N) is 2. The summed E-state index contributed by atoms with van der Waals surface area (Å²) in [6.45, 7) is 10.7. The first-order valence-corrected chi connectivity index (χ1v) is 9.59. The molecule has 0 saturated heterocycles. The Kier molecular flexibility index (Phi) is 14.1. The Morgan fingerprint density at radius 1 is 1.30 bits per heavy atom. The number of phenols is 1. The monoisotopic (exact) mass is 492 g/mol. The summed E-state index contributed by atoms with van der Waals surface area (Å²) in [4.78, 5) is 6.73. The van der Waals surface area contributed by atoms with Gasteiger partial charge in [0, 0.05) is 25.7 Å². The van der Waals surface area contributed by atoms with E-state index >= 15 is 0 Å². The number of aliphatic imine (C=N–C) groups is 1. The van der Waals surface area contributed by atoms with Gasteiger partial charge in [0.05, 0.1) is 7.11 Å². The van der Waals surface area contributed by atoms with Crippen molar-refractivity contribution in [2.75, 3.05) is 40.3 Å². The number of benzene rings is 1. The van der Waals surface area contributed by atoms with Crippen LogP contribution in [0.5, 0.6) is 11.5 Å². The third-order valence-corrected chi connectivity index (χ3v) is 4.59. The van der Waals surface area contributed by atoms with E-state index in [2.05, 4.69) is 41.3 Å². The van der Waals surface area contributed by atoms with Crippen LogP contribution in [0.4, 0.5) is 0 Å². The van der Waals surface area contributed by atoms with Gasteiger partial charge in [-0.05, 0) is 57.5 Å². The maximum Gasteiger partial charge on any atom is 0.191 e. The molecule has 1 rings (SSSR count). The predicted molar refractivity (Wildman–Crippen MR) is 125 cm³/mol. The van der Waals surface area contributed by atoms with E-state index in [1.165, 1.54) is 6.42 Å². The Morgan fingerprint density at radius 3 is 2.56 bits per heavy atom. The number of ether oxygens (including phenoxy) is 1. The number of halogens is 1. The van der Waals surface area contributed by atoms with E-state index < -0.39 is 0 Å². The van der Waals surface area contributed by atoms with Crippen molar-refractivity contribution in [1.82, 2.24) is 15.5 Å². The number of hydrogen-bond acceptors (Lipinski definition) is 4. The van der Waals surface area contributed by atoms with Crippen molar-refractivity contribution < 1.29 is 9.84 Å². The number of phenolic OH excluding ortho intramolecular Hbond substituents is 1. The zero-order valence-electron chi connectivity index (χ0n) is 17.4. The quantitative estimate of drug-likeness (QED) is 0.252. The number of methoxy groups -OCH3 is 1. The van der Waals surface area contributed by atoms with Crippen molar-refractivity contribution in [1.29, 1.82) is 0 Å². The lowest BCUT2D eigenvalue weighted by atomic mass is 10.1. The van der Waals surface area contributed by atoms with Crippen LogP contribution in [0.15, 0.2) is 23.2 Å². The van der Waals surface area contributed by atoms with Crippen LogP contribution in [0.1, 0.15) is 39.2 Å². The fourth-order valence-electron chi connectivity index (χ4n) is 2.86. The molecule has 0 aliphatic rings. The molecule has 1 aromatic rings. The molecule has 0 aliphatic carbocycles. The van der Waals surface area contributed by atoms with Crippen LogP contribution in [0.3, 0.4) is 0 Å². The van der Waals surface area contributed by atoms with Crippen LogP contribution in [0, 0.1) is 0 Å². The highest BCUT2D eigenvalue weighted by Gasteiger charge is 2.07. The summed E-state index contributed by atoms with van der Waals surface area (Å²) in [7, 11) is 3.37. The maximum absolute atomic E-state index is 10.0. The highest BCUT2D eigenvalue weighted by atomic mass is 127. The molecule has 0 radical (unpaired) electrons. The molecule has 1 unspecified atom stereocenters. The second-order valence-electron chi connectivity index (χ2n) is 6.46. The summed E-state index contributed by atoms with van der Waals surface area (Å²) in [5.41, 5.74) is 0.890. The molecule has 7 heteroatoms. The van der Waals surface area contributed by atoms with Crippen LogP contribution in [-0.2, 0) is 6.42 Å². The minimum absolute atomic E-state index is 0. The lowest BCUT2D eigenvalue weighted by molar-refractivity contribution is 0.292. The largest absolute Gasteiger partial charge is 0.508 e. The lowest BCUT2D eigenvalue weighted by Gasteiger charge is -2.21. The zero-order chi connectivity index (χ0) is 19.4. The second-order valence-corrected chi connectivity index (χ2v) is 6.46. The van der Waals surface area contributed by atoms with Crippen molar-refractivity contribution >= 4 is 29.9 Å². The van der Waals surface area contributed by atoms with Crippen LogP contribution in [-0.4, -0.2) is 62.3 Å². The maximum atomic E-state index is 10.0. The van der Waals surface area contributed by atoms with Crippen LogP contribution in [0.2, 0.25) is 0 Å². The number of aromatic hydroxyl groups is 1. The molecule has 6 nitrogen and oxygen atoms in total. The summed E-state index contributed by atoms with van der Waals surface area (Å²) in [5, 5.41) is 16.8. The highest BCUT2D eigenvalue weighted by molar-refractivity contribution is 14.0. The SMILES string of the molecule is CCN(CC)CCCC(C)NC(=NC)NCCc1ccc(OC)cc1O.I. The fourth-order valence-corrected chi connectivity index (χ4v) is 2.86. The summed E-state index contributed by atoms with van der Waals surface area (Å²) in [6, 6.07) is 5.76. The predicted octanol–water partition coefficient (Wildman–Crippen LogP) is 3.24. The minimum Gasteiger partial charge on any atom is -0.508 e. The topological polar surface area (TPSA) is 69.1 Å². The lowest BCUT2D eigenvalue weighted by Crippen LogP contribution is -2.43. The molecule has 0 aromatic heterocycles. The van der Waals surface area contributed by atoms with E-state index in [1.54, 1.807) is 20.2 Å². The summed E-state index contributed by atoms with van der Waals surface area (Å²) in [5.74, 6) is 1.72. The van der Waals surface area contributed by atoms with Crippen LogP contribution in [0.25, 0.3) is 0 Å². The first-order chi connectivity index (χ1) is 12.5. The Balaban J connectivity index is 0.00000676. The average molecular weight is 492 g/mol. The first kappa shape index (κ1) is 25.8. The molecular formula is C20H37IN4O2. The standard InChI is InChI=1S/C20H36N4O2.HI/c1-6-24(7-2)14-8-9-16(3)23-20(21-4)22-13-12-17-10-11-18(26-5)15-19(17)25;/h10-11,15-16,25H,6-9,12-14H2,1-5H3,(H2,21,22,23);1H. The zero-order valence-corrected chi connectivity index (χ0v) is 19.7. The van der Waals surface area contributed by atoms with Gasteiger partial charge in [-0.1, -0.05) is 19.9 Å². The fraction of sp³-hybridized carbons (Fsp3) is 0.650. The van der Waals surface area contributed by atoms with Gasteiger partial charge in [0.15, 0.2) is 5.96 Å². The Hall–Kier alpha value is -1.22. The molecule has 1 atom stereocenters. The van der Waals surface area contributed by atoms with E-state index in [1.807, 2.05) is 12.1 Å². The van der Waals surface area contributed by atoms with Gasteiger partial charge in [0.1, 0.15) is 11.5 Å². The average Bonchev–Trinajstić information content (AvgIpc) is 2.65. The van der Waals surface area contributed by atoms with E-state index in [0.29, 0.717) is 24.8 Å². The van der Waals surface area contributed by atoms with Crippen LogP contribution >= 0.6 is 24.0 Å². The summed E-state index contributed by atoms with van der Waals surface area (Å²) >= 11 is 0. The van der Waals surface area contributed by atoms with Crippen molar-refractivity contribution in [3.8, 4) is 11.5 Å². The van der Waals surface area contributed by atoms with Crippen molar-refractivity contribution in [3.63, 3.8) is 0 Å². The van der Waals surface area contributed by atoms with Gasteiger partial charge >= 0.3 is 0 Å². The van der Waals surface area contributed by atoms with Crippen molar-refractivity contribution in [2.45, 2.75) is 46.1 Å². The van der Waals surface area contributed by atoms with E-state index in [4.69, 9.17) is 4.74 Å². The summed E-state index contributed by atoms with van der Waals surface area (Å²) < 4.78 is 5.11. The molecular weight excluding hydrogens is 455 g/mol. The molecule has 0 bridgehead atoms. The molecule has 0 spiro atoms. The van der Waals surface area contributed by atoms with Gasteiger partial charge in [-0.25, -0.2) is 0 Å². The van der Waals surface area contributed by atoms with Crippen molar-refractivity contribution in [2.24, 2.45) is 4.99 Å². The van der Waals surface area contributed by atoms with Gasteiger partial charge < -0.3 is 25.4 Å². The Bertz CT molecular complexity index is 551. The molecule has 1 aromatic carbocycles. The van der Waals surface area contributed by atoms with Gasteiger partial charge in [0.2, 0.25) is 0 Å². The van der Waals surface area contributed by atoms with Gasteiger partial charge in [-0.2, -0.15) is 0 Å². The second kappa shape index (κ2) is 14.8. The minimum atomic E-state index is 0. The number of guanidine groups is 1. The molecule has 156 valence electrons. The molecule has 0 aliphatic heterocycles. The smallest absolute Gasteiger partial charge is 0.191 e. The third-order valence-electron chi connectivity index (χ3n) is 4.59. The van der Waals surface area contributed by atoms with Gasteiger partial charge in [-0.3, -0.25) is 4.99 Å². The number of rotatable bonds is 11. The summed E-state index contributed by atoms with van der Waals surface area (Å²) in [6.07, 6.45) is 3.00. The van der Waals surface area contributed by atoms with Crippen molar-refractivity contribution in [3.05, 3.63) is 23.8 Å². The molecule has 27 heavy (non-hydrogen) atoms.